The van der Waals surface area contributed by atoms with Crippen molar-refractivity contribution in [3.8, 4) is 5.75 Å². The summed E-state index contributed by atoms with van der Waals surface area (Å²) in [6.45, 7) is 6.17. The Morgan fingerprint density at radius 2 is 1.86 bits per heavy atom. The Morgan fingerprint density at radius 1 is 1.25 bits per heavy atom. The Morgan fingerprint density at radius 3 is 2.39 bits per heavy atom. The molecule has 2 rings (SSSR count). The Bertz CT molecular complexity index is 945. The standard InChI is InChI=1S/C20H26FN3O4/c1-13-17(23(5)19(27)24(18(13)26)11-6-12-25)22-14(2)28-16-9-7-15(8-10-16)20(3,4)21/h7-10,25H,6,11-12H2,1-5H3. The van der Waals surface area contributed by atoms with Crippen molar-refractivity contribution in [2.75, 3.05) is 6.61 Å². The molecule has 0 amide bonds. The van der Waals surface area contributed by atoms with Gasteiger partial charge in [0.15, 0.2) is 5.90 Å². The summed E-state index contributed by atoms with van der Waals surface area (Å²) in [5.41, 5.74) is -1.57. The van der Waals surface area contributed by atoms with Gasteiger partial charge in [-0.1, -0.05) is 12.1 Å². The average Bonchev–Trinajstić information content (AvgIpc) is 2.63. The quantitative estimate of drug-likeness (QED) is 0.606. The minimum atomic E-state index is -1.45. The van der Waals surface area contributed by atoms with Gasteiger partial charge in [-0.15, -0.1) is 0 Å². The molecular formula is C20H26FN3O4. The van der Waals surface area contributed by atoms with Crippen LogP contribution in [0.2, 0.25) is 0 Å². The SMILES string of the molecule is CC(=Nc1c(C)c(=O)n(CCCO)c(=O)n1C)Oc1ccc(C(C)(C)F)cc1. The molecule has 0 radical (unpaired) electrons. The molecule has 28 heavy (non-hydrogen) atoms. The van der Waals surface area contributed by atoms with E-state index in [-0.39, 0.29) is 24.9 Å². The predicted molar refractivity (Wildman–Crippen MR) is 106 cm³/mol. The summed E-state index contributed by atoms with van der Waals surface area (Å²) in [6, 6.07) is 6.53. The summed E-state index contributed by atoms with van der Waals surface area (Å²) < 4.78 is 21.9. The number of halogens is 1. The molecule has 2 aromatic rings. The molecule has 0 saturated heterocycles. The second-order valence-corrected chi connectivity index (χ2v) is 7.05. The number of aliphatic imine (C=N–C) groups is 1. The summed E-state index contributed by atoms with van der Waals surface area (Å²) in [6.07, 6.45) is 0.311. The van der Waals surface area contributed by atoms with Crippen molar-refractivity contribution in [1.29, 1.82) is 0 Å². The molecule has 0 aliphatic carbocycles. The minimum absolute atomic E-state index is 0.111. The third kappa shape index (κ3) is 4.75. The van der Waals surface area contributed by atoms with Gasteiger partial charge < -0.3 is 9.84 Å². The lowest BCUT2D eigenvalue weighted by Crippen LogP contribution is -2.40. The zero-order valence-corrected chi connectivity index (χ0v) is 16.8. The van der Waals surface area contributed by atoms with Crippen molar-refractivity contribution < 1.29 is 14.2 Å². The van der Waals surface area contributed by atoms with Crippen LogP contribution in [0.1, 0.15) is 38.3 Å². The summed E-state index contributed by atoms with van der Waals surface area (Å²) in [4.78, 5) is 29.2. The molecule has 0 atom stereocenters. The van der Waals surface area contributed by atoms with Crippen molar-refractivity contribution in [2.45, 2.75) is 46.3 Å². The van der Waals surface area contributed by atoms with E-state index in [1.165, 1.54) is 25.5 Å². The van der Waals surface area contributed by atoms with E-state index in [0.717, 1.165) is 4.57 Å². The van der Waals surface area contributed by atoms with E-state index in [1.54, 1.807) is 38.1 Å². The maximum atomic E-state index is 13.9. The van der Waals surface area contributed by atoms with Crippen LogP contribution >= 0.6 is 0 Å². The van der Waals surface area contributed by atoms with Crippen molar-refractivity contribution in [3.05, 3.63) is 56.2 Å². The van der Waals surface area contributed by atoms with Crippen molar-refractivity contribution in [2.24, 2.45) is 12.0 Å². The molecule has 1 heterocycles. The van der Waals surface area contributed by atoms with E-state index >= 15 is 0 Å². The number of alkyl halides is 1. The van der Waals surface area contributed by atoms with Crippen LogP contribution in [0.15, 0.2) is 38.8 Å². The van der Waals surface area contributed by atoms with Crippen LogP contribution in [-0.4, -0.2) is 26.7 Å². The summed E-state index contributed by atoms with van der Waals surface area (Å²) in [5.74, 6) is 0.903. The number of rotatable bonds is 6. The molecule has 1 aromatic carbocycles. The van der Waals surface area contributed by atoms with Gasteiger partial charge in [-0.2, -0.15) is 4.99 Å². The predicted octanol–water partition coefficient (Wildman–Crippen LogP) is 2.57. The van der Waals surface area contributed by atoms with Crippen LogP contribution in [0.4, 0.5) is 10.2 Å². The fourth-order valence-electron chi connectivity index (χ4n) is 2.75. The average molecular weight is 391 g/mol. The van der Waals surface area contributed by atoms with Crippen LogP contribution in [-0.2, 0) is 19.3 Å². The number of aliphatic hydroxyl groups excluding tert-OH is 1. The highest BCUT2D eigenvalue weighted by Gasteiger charge is 2.18. The number of aliphatic hydroxyl groups is 1. The molecule has 0 spiro atoms. The van der Waals surface area contributed by atoms with Crippen LogP contribution in [0.3, 0.4) is 0 Å². The molecule has 0 unspecified atom stereocenters. The number of benzene rings is 1. The molecule has 0 fully saturated rings. The first-order valence-electron chi connectivity index (χ1n) is 9.00. The first kappa shape index (κ1) is 21.6. The molecule has 0 aliphatic heterocycles. The highest BCUT2D eigenvalue weighted by atomic mass is 19.1. The Kier molecular flexibility index (Phi) is 6.56. The van der Waals surface area contributed by atoms with Gasteiger partial charge in [-0.3, -0.25) is 13.9 Å². The number of nitrogens with zero attached hydrogens (tertiary/aromatic N) is 3. The second kappa shape index (κ2) is 8.52. The number of hydrogen-bond acceptors (Lipinski definition) is 5. The molecule has 0 bridgehead atoms. The van der Waals surface area contributed by atoms with E-state index in [0.29, 0.717) is 23.3 Å². The van der Waals surface area contributed by atoms with Gasteiger partial charge in [0, 0.05) is 27.1 Å². The fraction of sp³-hybridized carbons (Fsp3) is 0.450. The summed E-state index contributed by atoms with van der Waals surface area (Å²) in [7, 11) is 1.52. The maximum absolute atomic E-state index is 13.9. The molecule has 152 valence electrons. The molecule has 1 aromatic heterocycles. The van der Waals surface area contributed by atoms with Crippen LogP contribution < -0.4 is 16.0 Å². The molecule has 1 N–H and O–H groups in total. The van der Waals surface area contributed by atoms with Gasteiger partial charge in [-0.25, -0.2) is 9.18 Å². The lowest BCUT2D eigenvalue weighted by molar-refractivity contribution is 0.221. The maximum Gasteiger partial charge on any atom is 0.332 e. The van der Waals surface area contributed by atoms with Gasteiger partial charge >= 0.3 is 5.69 Å². The van der Waals surface area contributed by atoms with Crippen LogP contribution in [0.25, 0.3) is 0 Å². The van der Waals surface area contributed by atoms with E-state index < -0.39 is 16.9 Å². The Hall–Kier alpha value is -2.74. The molecule has 8 heteroatoms. The molecule has 0 aliphatic rings. The Labute approximate surface area is 162 Å². The first-order valence-corrected chi connectivity index (χ1v) is 9.00. The van der Waals surface area contributed by atoms with Crippen molar-refractivity contribution >= 4 is 11.7 Å². The van der Waals surface area contributed by atoms with E-state index in [4.69, 9.17) is 9.84 Å². The summed E-state index contributed by atoms with van der Waals surface area (Å²) >= 11 is 0. The van der Waals surface area contributed by atoms with Gasteiger partial charge in [0.1, 0.15) is 17.2 Å². The largest absolute Gasteiger partial charge is 0.443 e. The van der Waals surface area contributed by atoms with Gasteiger partial charge in [-0.05, 0) is 44.9 Å². The topological polar surface area (TPSA) is 85.8 Å². The smallest absolute Gasteiger partial charge is 0.332 e. The van der Waals surface area contributed by atoms with Gasteiger partial charge in [0.2, 0.25) is 0 Å². The third-order valence-corrected chi connectivity index (χ3v) is 4.35. The fourth-order valence-corrected chi connectivity index (χ4v) is 2.75. The highest BCUT2D eigenvalue weighted by Crippen LogP contribution is 2.26. The highest BCUT2D eigenvalue weighted by molar-refractivity contribution is 5.78. The van der Waals surface area contributed by atoms with Gasteiger partial charge in [0.05, 0.1) is 5.56 Å². The normalized spacial score (nSPS) is 12.3. The Balaban J connectivity index is 2.34. The van der Waals surface area contributed by atoms with Crippen molar-refractivity contribution in [1.82, 2.24) is 9.13 Å². The van der Waals surface area contributed by atoms with E-state index in [1.807, 2.05) is 0 Å². The van der Waals surface area contributed by atoms with Crippen LogP contribution in [0.5, 0.6) is 5.75 Å². The lowest BCUT2D eigenvalue weighted by Gasteiger charge is -2.15. The van der Waals surface area contributed by atoms with E-state index in [9.17, 15) is 14.0 Å². The lowest BCUT2D eigenvalue weighted by atomic mass is 10.0. The van der Waals surface area contributed by atoms with Crippen molar-refractivity contribution in [3.63, 3.8) is 0 Å². The second-order valence-electron chi connectivity index (χ2n) is 7.05. The summed E-state index contributed by atoms with van der Waals surface area (Å²) in [5, 5.41) is 8.94. The van der Waals surface area contributed by atoms with Gasteiger partial charge in [0.25, 0.3) is 5.56 Å². The zero-order valence-electron chi connectivity index (χ0n) is 16.8. The number of hydrogen-bond donors (Lipinski definition) is 1. The monoisotopic (exact) mass is 391 g/mol. The molecular weight excluding hydrogens is 365 g/mol. The minimum Gasteiger partial charge on any atom is -0.443 e. The third-order valence-electron chi connectivity index (χ3n) is 4.35. The van der Waals surface area contributed by atoms with Crippen LogP contribution in [0, 0.1) is 6.92 Å². The zero-order chi connectivity index (χ0) is 21.1. The number of ether oxygens (including phenoxy) is 1. The molecule has 0 saturated carbocycles. The number of aromatic nitrogens is 2. The van der Waals surface area contributed by atoms with E-state index in [2.05, 4.69) is 4.99 Å². The first-order chi connectivity index (χ1) is 13.1. The molecule has 7 nitrogen and oxygen atoms in total.